The smallest absolute Gasteiger partial charge is 0.261 e. The van der Waals surface area contributed by atoms with Crippen LogP contribution in [0.3, 0.4) is 0 Å². The normalized spacial score (nSPS) is 19.8. The number of benzene rings is 1. The van der Waals surface area contributed by atoms with E-state index >= 15 is 0 Å². The zero-order chi connectivity index (χ0) is 18.5. The second kappa shape index (κ2) is 10.00. The minimum absolute atomic E-state index is 0. The van der Waals surface area contributed by atoms with Crippen molar-refractivity contribution in [1.29, 1.82) is 0 Å². The Morgan fingerprint density at radius 2 is 1.96 bits per heavy atom. The molecule has 1 unspecified atom stereocenters. The maximum Gasteiger partial charge on any atom is 0.261 e. The number of nitrogens with zero attached hydrogens (tertiary/aromatic N) is 3. The van der Waals surface area contributed by atoms with Crippen molar-refractivity contribution in [3.63, 3.8) is 0 Å². The van der Waals surface area contributed by atoms with Crippen LogP contribution in [-0.2, 0) is 9.47 Å². The van der Waals surface area contributed by atoms with Crippen molar-refractivity contribution in [3.8, 4) is 0 Å². The van der Waals surface area contributed by atoms with Crippen LogP contribution >= 0.6 is 24.0 Å². The number of aliphatic imine (C=N–C) groups is 1. The van der Waals surface area contributed by atoms with Crippen LogP contribution < -0.4 is 5.32 Å². The van der Waals surface area contributed by atoms with Crippen molar-refractivity contribution < 1.29 is 19.1 Å². The number of rotatable bonds is 5. The lowest BCUT2D eigenvalue weighted by molar-refractivity contribution is -0.0447. The molecule has 2 aliphatic heterocycles. The van der Waals surface area contributed by atoms with E-state index in [9.17, 15) is 9.59 Å². The average molecular weight is 488 g/mol. The number of ether oxygens (including phenoxy) is 2. The van der Waals surface area contributed by atoms with E-state index < -0.39 is 0 Å². The second-order valence-corrected chi connectivity index (χ2v) is 6.18. The number of nitrogens with one attached hydrogen (secondary N) is 1. The summed E-state index contributed by atoms with van der Waals surface area (Å²) in [4.78, 5) is 32.4. The lowest BCUT2D eigenvalue weighted by Crippen LogP contribution is -2.52. The summed E-state index contributed by atoms with van der Waals surface area (Å²) < 4.78 is 10.8. The maximum atomic E-state index is 12.4. The van der Waals surface area contributed by atoms with Crippen LogP contribution in [0.15, 0.2) is 29.3 Å². The lowest BCUT2D eigenvalue weighted by atomic mass is 10.1. The summed E-state index contributed by atoms with van der Waals surface area (Å²) in [6.07, 6.45) is 0.00327. The number of guanidine groups is 1. The summed E-state index contributed by atoms with van der Waals surface area (Å²) >= 11 is 0. The van der Waals surface area contributed by atoms with Gasteiger partial charge < -0.3 is 19.7 Å². The Balaban J connectivity index is 0.00000261. The largest absolute Gasteiger partial charge is 0.382 e. The Bertz CT molecular complexity index is 675. The summed E-state index contributed by atoms with van der Waals surface area (Å²) in [7, 11) is 3.36. The van der Waals surface area contributed by atoms with Gasteiger partial charge in [-0.05, 0) is 12.1 Å². The molecule has 1 aromatic carbocycles. The number of carbonyl (C=O) groups is 2. The van der Waals surface area contributed by atoms with Crippen LogP contribution in [0.25, 0.3) is 0 Å². The third-order valence-corrected chi connectivity index (χ3v) is 4.50. The van der Waals surface area contributed by atoms with E-state index in [1.165, 1.54) is 4.90 Å². The van der Waals surface area contributed by atoms with E-state index in [4.69, 9.17) is 9.47 Å². The number of fused-ring (bicyclic) bond motifs is 1. The number of morpholine rings is 1. The molecule has 3 rings (SSSR count). The fourth-order valence-electron chi connectivity index (χ4n) is 3.25. The first-order valence-electron chi connectivity index (χ1n) is 8.67. The number of hydrogen-bond acceptors (Lipinski definition) is 5. The molecule has 0 bridgehead atoms. The number of halogens is 1. The standard InChI is InChI=1S/C18H24N4O4.HI/c1-19-18(21-9-10-26-13(11-21)12-25-2)20-7-8-22-16(23)14-5-3-4-6-15(14)17(22)24;/h3-6,13H,7-12H2,1-2H3,(H,19,20);1H. The summed E-state index contributed by atoms with van der Waals surface area (Å²) in [6, 6.07) is 6.90. The Morgan fingerprint density at radius 1 is 1.30 bits per heavy atom. The van der Waals surface area contributed by atoms with Gasteiger partial charge in [0, 0.05) is 40.3 Å². The molecule has 1 atom stereocenters. The molecule has 2 amide bonds. The van der Waals surface area contributed by atoms with Gasteiger partial charge in [0.15, 0.2) is 5.96 Å². The molecule has 2 aliphatic rings. The molecular weight excluding hydrogens is 463 g/mol. The number of imide groups is 1. The number of hydrogen-bond donors (Lipinski definition) is 1. The number of methoxy groups -OCH3 is 1. The zero-order valence-corrected chi connectivity index (χ0v) is 17.8. The van der Waals surface area contributed by atoms with Gasteiger partial charge in [0.25, 0.3) is 11.8 Å². The molecule has 2 heterocycles. The third-order valence-electron chi connectivity index (χ3n) is 4.50. The van der Waals surface area contributed by atoms with Gasteiger partial charge in [0.2, 0.25) is 0 Å². The van der Waals surface area contributed by atoms with Crippen LogP contribution in [0, 0.1) is 0 Å². The number of amides is 2. The van der Waals surface area contributed by atoms with Gasteiger partial charge in [-0.3, -0.25) is 19.5 Å². The Hall–Kier alpha value is -1.72. The quantitative estimate of drug-likeness (QED) is 0.286. The first-order valence-corrected chi connectivity index (χ1v) is 8.67. The van der Waals surface area contributed by atoms with Crippen molar-refractivity contribution >= 4 is 41.8 Å². The van der Waals surface area contributed by atoms with Crippen molar-refractivity contribution in [2.75, 3.05) is 53.6 Å². The maximum absolute atomic E-state index is 12.4. The highest BCUT2D eigenvalue weighted by Gasteiger charge is 2.34. The second-order valence-electron chi connectivity index (χ2n) is 6.18. The van der Waals surface area contributed by atoms with E-state index in [1.807, 2.05) is 0 Å². The Morgan fingerprint density at radius 3 is 2.56 bits per heavy atom. The van der Waals surface area contributed by atoms with Gasteiger partial charge in [-0.25, -0.2) is 0 Å². The molecule has 27 heavy (non-hydrogen) atoms. The summed E-state index contributed by atoms with van der Waals surface area (Å²) in [5.74, 6) is 0.244. The van der Waals surface area contributed by atoms with Gasteiger partial charge in [0.1, 0.15) is 0 Å². The molecule has 1 N–H and O–H groups in total. The van der Waals surface area contributed by atoms with Crippen LogP contribution in [0.5, 0.6) is 0 Å². The summed E-state index contributed by atoms with van der Waals surface area (Å²) in [5.41, 5.74) is 0.940. The van der Waals surface area contributed by atoms with Crippen LogP contribution in [0.2, 0.25) is 0 Å². The molecular formula is C18H25IN4O4. The molecule has 1 fully saturated rings. The van der Waals surface area contributed by atoms with E-state index in [0.29, 0.717) is 37.4 Å². The average Bonchev–Trinajstić information content (AvgIpc) is 2.91. The van der Waals surface area contributed by atoms with E-state index in [0.717, 1.165) is 12.5 Å². The zero-order valence-electron chi connectivity index (χ0n) is 15.5. The van der Waals surface area contributed by atoms with Crippen molar-refractivity contribution in [2.45, 2.75) is 6.10 Å². The third kappa shape index (κ3) is 4.77. The highest BCUT2D eigenvalue weighted by molar-refractivity contribution is 14.0. The predicted octanol–water partition coefficient (Wildman–Crippen LogP) is 0.823. The Labute approximate surface area is 175 Å². The molecule has 0 radical (unpaired) electrons. The van der Waals surface area contributed by atoms with Gasteiger partial charge >= 0.3 is 0 Å². The molecule has 8 nitrogen and oxygen atoms in total. The van der Waals surface area contributed by atoms with Crippen molar-refractivity contribution in [1.82, 2.24) is 15.1 Å². The molecule has 0 spiro atoms. The van der Waals surface area contributed by atoms with E-state index in [-0.39, 0.29) is 48.4 Å². The molecule has 0 aromatic heterocycles. The monoisotopic (exact) mass is 488 g/mol. The molecule has 0 aliphatic carbocycles. The van der Waals surface area contributed by atoms with Crippen molar-refractivity contribution in [3.05, 3.63) is 35.4 Å². The van der Waals surface area contributed by atoms with Crippen LogP contribution in [0.1, 0.15) is 20.7 Å². The SMILES string of the molecule is CN=C(NCCN1C(=O)c2ccccc2C1=O)N1CCOC(COC)C1.I. The summed E-state index contributed by atoms with van der Waals surface area (Å²) in [6.45, 7) is 3.27. The van der Waals surface area contributed by atoms with Crippen LogP contribution in [0.4, 0.5) is 0 Å². The molecule has 0 saturated carbocycles. The van der Waals surface area contributed by atoms with Gasteiger partial charge in [-0.2, -0.15) is 0 Å². The predicted molar refractivity (Wildman–Crippen MR) is 112 cm³/mol. The first-order chi connectivity index (χ1) is 12.7. The fourth-order valence-corrected chi connectivity index (χ4v) is 3.25. The van der Waals surface area contributed by atoms with Gasteiger partial charge in [0.05, 0.1) is 30.4 Å². The van der Waals surface area contributed by atoms with E-state index in [2.05, 4.69) is 15.2 Å². The minimum atomic E-state index is -0.242. The lowest BCUT2D eigenvalue weighted by Gasteiger charge is -2.34. The molecule has 1 aromatic rings. The topological polar surface area (TPSA) is 83.5 Å². The fraction of sp³-hybridized carbons (Fsp3) is 0.500. The van der Waals surface area contributed by atoms with Gasteiger partial charge in [-0.15, -0.1) is 24.0 Å². The molecule has 148 valence electrons. The Kier molecular flexibility index (Phi) is 7.99. The van der Waals surface area contributed by atoms with Crippen LogP contribution in [-0.4, -0.2) is 87.2 Å². The molecule has 9 heteroatoms. The highest BCUT2D eigenvalue weighted by atomic mass is 127. The number of carbonyl (C=O) groups excluding carboxylic acids is 2. The molecule has 1 saturated heterocycles. The van der Waals surface area contributed by atoms with Gasteiger partial charge in [-0.1, -0.05) is 12.1 Å². The highest BCUT2D eigenvalue weighted by Crippen LogP contribution is 2.21. The first kappa shape index (κ1) is 21.6. The minimum Gasteiger partial charge on any atom is -0.382 e. The van der Waals surface area contributed by atoms with Crippen molar-refractivity contribution in [2.24, 2.45) is 4.99 Å². The summed E-state index contributed by atoms with van der Waals surface area (Å²) in [5, 5.41) is 3.23. The van der Waals surface area contributed by atoms with E-state index in [1.54, 1.807) is 38.4 Å².